The zero-order valence-electron chi connectivity index (χ0n) is 17.4. The molecule has 3 aromatic heterocycles. The minimum atomic E-state index is 0.183. The molecule has 1 aromatic carbocycles. The average molecular weight is 438 g/mol. The lowest BCUT2D eigenvalue weighted by Gasteiger charge is -2.34. The molecule has 0 N–H and O–H groups in total. The van der Waals surface area contributed by atoms with Crippen LogP contribution in [0.5, 0.6) is 0 Å². The molecule has 4 heterocycles. The smallest absolute Gasteiger partial charge is 0.223 e. The van der Waals surface area contributed by atoms with Crippen molar-refractivity contribution in [3.05, 3.63) is 53.6 Å². The number of hydrogen-bond donors (Lipinski definition) is 0. The Morgan fingerprint density at radius 2 is 1.84 bits per heavy atom. The normalized spacial score (nSPS) is 15.2. The lowest BCUT2D eigenvalue weighted by molar-refractivity contribution is -0.132. The van der Waals surface area contributed by atoms with Crippen LogP contribution in [0.2, 0.25) is 5.02 Å². The molecule has 0 atom stereocenters. The van der Waals surface area contributed by atoms with Gasteiger partial charge >= 0.3 is 0 Å². The summed E-state index contributed by atoms with van der Waals surface area (Å²) in [5, 5.41) is 14.1. The molecule has 8 nitrogen and oxygen atoms in total. The van der Waals surface area contributed by atoms with Gasteiger partial charge in [-0.25, -0.2) is 4.52 Å². The minimum Gasteiger partial charge on any atom is -0.340 e. The first-order valence-corrected chi connectivity index (χ1v) is 11.0. The molecule has 1 fully saturated rings. The van der Waals surface area contributed by atoms with Crippen molar-refractivity contribution in [2.75, 3.05) is 32.7 Å². The molecule has 160 valence electrons. The molecule has 0 spiro atoms. The number of benzene rings is 1. The summed E-state index contributed by atoms with van der Waals surface area (Å²) < 4.78 is 3.75. The Kier molecular flexibility index (Phi) is 5.33. The zero-order valence-corrected chi connectivity index (χ0v) is 18.2. The van der Waals surface area contributed by atoms with E-state index in [0.29, 0.717) is 17.9 Å². The lowest BCUT2D eigenvalue weighted by Crippen LogP contribution is -2.48. The van der Waals surface area contributed by atoms with Crippen LogP contribution in [0.3, 0.4) is 0 Å². The maximum Gasteiger partial charge on any atom is 0.223 e. The number of aromatic nitrogens is 5. The highest BCUT2D eigenvalue weighted by Gasteiger charge is 2.21. The van der Waals surface area contributed by atoms with Crippen LogP contribution in [-0.4, -0.2) is 72.6 Å². The summed E-state index contributed by atoms with van der Waals surface area (Å²) in [6.45, 7) is 6.70. The number of likely N-dealkylation sites (N-methyl/N-ethyl adjacent to an activating group) is 1. The summed E-state index contributed by atoms with van der Waals surface area (Å²) >= 11 is 6.00. The molecule has 0 bridgehead atoms. The molecule has 1 aliphatic heterocycles. The Balaban J connectivity index is 1.34. The Labute approximate surface area is 185 Å². The quantitative estimate of drug-likeness (QED) is 0.480. The predicted octanol–water partition coefficient (Wildman–Crippen LogP) is 2.79. The summed E-state index contributed by atoms with van der Waals surface area (Å²) in [4.78, 5) is 17.0. The highest BCUT2D eigenvalue weighted by Crippen LogP contribution is 2.23. The molecule has 0 saturated carbocycles. The van der Waals surface area contributed by atoms with Crippen LogP contribution in [0.1, 0.15) is 19.2 Å². The number of amides is 1. The number of nitrogens with zero attached hydrogens (tertiary/aromatic N) is 7. The van der Waals surface area contributed by atoms with Gasteiger partial charge in [-0.15, -0.1) is 10.2 Å². The van der Waals surface area contributed by atoms with Gasteiger partial charge in [-0.2, -0.15) is 5.10 Å². The van der Waals surface area contributed by atoms with Gasteiger partial charge in [-0.3, -0.25) is 9.20 Å². The summed E-state index contributed by atoms with van der Waals surface area (Å²) in [7, 11) is 0. The van der Waals surface area contributed by atoms with Gasteiger partial charge in [-0.1, -0.05) is 30.7 Å². The van der Waals surface area contributed by atoms with Crippen molar-refractivity contribution in [1.82, 2.24) is 34.0 Å². The highest BCUT2D eigenvalue weighted by molar-refractivity contribution is 6.30. The molecule has 0 unspecified atom stereocenters. The van der Waals surface area contributed by atoms with Crippen LogP contribution in [0.25, 0.3) is 22.4 Å². The van der Waals surface area contributed by atoms with Crippen molar-refractivity contribution in [1.29, 1.82) is 0 Å². The number of piperazine rings is 1. The van der Waals surface area contributed by atoms with E-state index in [1.165, 1.54) is 0 Å². The molecule has 0 radical (unpaired) electrons. The number of carbonyl (C=O) groups excluding carboxylic acids is 1. The largest absolute Gasteiger partial charge is 0.340 e. The maximum atomic E-state index is 12.6. The third kappa shape index (κ3) is 3.88. The molecule has 1 aliphatic rings. The van der Waals surface area contributed by atoms with Crippen molar-refractivity contribution in [3.63, 3.8) is 0 Å². The second-order valence-corrected chi connectivity index (χ2v) is 8.23. The summed E-state index contributed by atoms with van der Waals surface area (Å²) in [6, 6.07) is 9.59. The molecule has 9 heteroatoms. The molecule has 4 aromatic rings. The van der Waals surface area contributed by atoms with Crippen LogP contribution < -0.4 is 0 Å². The van der Waals surface area contributed by atoms with E-state index in [4.69, 9.17) is 11.6 Å². The molecular weight excluding hydrogens is 414 g/mol. The fourth-order valence-corrected chi connectivity index (χ4v) is 4.21. The Morgan fingerprint density at radius 3 is 2.58 bits per heavy atom. The minimum absolute atomic E-state index is 0.183. The molecule has 0 aliphatic carbocycles. The SMILES string of the molecule is CCN1CCN(C(=O)CCc2nnc3c4cc(-c5ccc(Cl)cc5)nn4ccn23)CC1. The van der Waals surface area contributed by atoms with Crippen LogP contribution in [-0.2, 0) is 11.2 Å². The monoisotopic (exact) mass is 437 g/mol. The molecule has 1 saturated heterocycles. The Bertz CT molecular complexity index is 1220. The summed E-state index contributed by atoms with van der Waals surface area (Å²) in [6.07, 6.45) is 4.79. The second-order valence-electron chi connectivity index (χ2n) is 7.79. The second kappa shape index (κ2) is 8.28. The van der Waals surface area contributed by atoms with E-state index in [-0.39, 0.29) is 5.91 Å². The Hall–Kier alpha value is -2.97. The third-order valence-electron chi connectivity index (χ3n) is 5.96. The third-order valence-corrected chi connectivity index (χ3v) is 6.21. The van der Waals surface area contributed by atoms with Crippen molar-refractivity contribution in [3.8, 4) is 11.3 Å². The van der Waals surface area contributed by atoms with Gasteiger partial charge in [0.15, 0.2) is 5.65 Å². The van der Waals surface area contributed by atoms with E-state index in [1.807, 2.05) is 52.0 Å². The molecule has 31 heavy (non-hydrogen) atoms. The van der Waals surface area contributed by atoms with E-state index in [2.05, 4.69) is 27.1 Å². The first-order valence-electron chi connectivity index (χ1n) is 10.6. The number of aryl methyl sites for hydroxylation is 1. The first kappa shape index (κ1) is 20.0. The molecular formula is C22H24ClN7O. The molecule has 5 rings (SSSR count). The van der Waals surface area contributed by atoms with Gasteiger partial charge in [0.05, 0.1) is 5.69 Å². The van der Waals surface area contributed by atoms with E-state index in [1.54, 1.807) is 4.52 Å². The van der Waals surface area contributed by atoms with Crippen LogP contribution in [0.4, 0.5) is 0 Å². The maximum absolute atomic E-state index is 12.6. The van der Waals surface area contributed by atoms with Gasteiger partial charge in [0.25, 0.3) is 0 Å². The van der Waals surface area contributed by atoms with E-state index >= 15 is 0 Å². The van der Waals surface area contributed by atoms with E-state index in [9.17, 15) is 4.79 Å². The van der Waals surface area contributed by atoms with E-state index < -0.39 is 0 Å². The van der Waals surface area contributed by atoms with Gasteiger partial charge in [0, 0.05) is 62.0 Å². The van der Waals surface area contributed by atoms with Gasteiger partial charge in [0.1, 0.15) is 11.3 Å². The lowest BCUT2D eigenvalue weighted by atomic mass is 10.1. The zero-order chi connectivity index (χ0) is 21.4. The molecule has 1 amide bonds. The standard InChI is InChI=1S/C22H24ClN7O/c1-2-27-9-11-28(12-10-27)21(31)8-7-20-24-25-22-19-15-18(16-3-5-17(23)6-4-16)26-30(19)14-13-29(20)22/h3-6,13-15H,2,7-12H2,1H3. The number of halogens is 1. The fourth-order valence-electron chi connectivity index (χ4n) is 4.08. The van der Waals surface area contributed by atoms with Crippen molar-refractivity contribution < 1.29 is 4.79 Å². The highest BCUT2D eigenvalue weighted by atomic mass is 35.5. The van der Waals surface area contributed by atoms with E-state index in [0.717, 1.165) is 61.0 Å². The topological polar surface area (TPSA) is 71.0 Å². The van der Waals surface area contributed by atoms with Crippen LogP contribution >= 0.6 is 11.6 Å². The number of rotatable bonds is 5. The van der Waals surface area contributed by atoms with Crippen molar-refractivity contribution in [2.24, 2.45) is 0 Å². The van der Waals surface area contributed by atoms with Crippen molar-refractivity contribution in [2.45, 2.75) is 19.8 Å². The van der Waals surface area contributed by atoms with Gasteiger partial charge in [0.2, 0.25) is 5.91 Å². The number of carbonyl (C=O) groups is 1. The number of hydrogen-bond acceptors (Lipinski definition) is 5. The number of fused-ring (bicyclic) bond motifs is 3. The summed E-state index contributed by atoms with van der Waals surface area (Å²) in [5.41, 5.74) is 3.43. The van der Waals surface area contributed by atoms with Gasteiger partial charge < -0.3 is 9.80 Å². The average Bonchev–Trinajstić information content (AvgIpc) is 3.42. The fraction of sp³-hybridized carbons (Fsp3) is 0.364. The van der Waals surface area contributed by atoms with Crippen molar-refractivity contribution >= 4 is 28.7 Å². The predicted molar refractivity (Wildman–Crippen MR) is 119 cm³/mol. The van der Waals surface area contributed by atoms with Crippen LogP contribution in [0.15, 0.2) is 42.7 Å². The summed E-state index contributed by atoms with van der Waals surface area (Å²) in [5.74, 6) is 0.968. The van der Waals surface area contributed by atoms with Gasteiger partial charge in [-0.05, 0) is 24.7 Å². The van der Waals surface area contributed by atoms with Crippen LogP contribution in [0, 0.1) is 0 Å². The first-order chi connectivity index (χ1) is 15.1. The Morgan fingerprint density at radius 1 is 1.06 bits per heavy atom.